The van der Waals surface area contributed by atoms with E-state index in [-0.39, 0.29) is 17.3 Å². The first-order valence-electron chi connectivity index (χ1n) is 8.67. The maximum absolute atomic E-state index is 14.4. The van der Waals surface area contributed by atoms with Gasteiger partial charge in [-0.1, -0.05) is 6.92 Å². The molecule has 0 saturated carbocycles. The van der Waals surface area contributed by atoms with Crippen molar-refractivity contribution in [1.82, 2.24) is 9.88 Å². The number of likely N-dealkylation sites (tertiary alicyclic amines) is 1. The van der Waals surface area contributed by atoms with Gasteiger partial charge in [0, 0.05) is 37.1 Å². The lowest BCUT2D eigenvalue weighted by molar-refractivity contribution is -0.134. The van der Waals surface area contributed by atoms with Crippen LogP contribution < -0.4 is 15.8 Å². The van der Waals surface area contributed by atoms with Crippen LogP contribution in [0, 0.1) is 11.7 Å². The summed E-state index contributed by atoms with van der Waals surface area (Å²) in [6.07, 6.45) is 2.54. The molecular weight excluding hydrogens is 351 g/mol. The van der Waals surface area contributed by atoms with Crippen LogP contribution in [0.15, 0.2) is 30.5 Å². The second kappa shape index (κ2) is 7.61. The van der Waals surface area contributed by atoms with E-state index in [9.17, 15) is 14.0 Å². The monoisotopic (exact) mass is 372 g/mol. The van der Waals surface area contributed by atoms with Crippen LogP contribution >= 0.6 is 0 Å². The number of carbonyl (C=O) groups is 2. The fraction of sp³-hybridized carbons (Fsp3) is 0.316. The van der Waals surface area contributed by atoms with E-state index < -0.39 is 17.6 Å². The van der Waals surface area contributed by atoms with Gasteiger partial charge in [0.25, 0.3) is 0 Å². The number of hydrogen-bond donors (Lipinski definition) is 2. The summed E-state index contributed by atoms with van der Waals surface area (Å²) in [7, 11) is 1.65. The number of amides is 2. The van der Waals surface area contributed by atoms with Gasteiger partial charge in [-0.3, -0.25) is 9.59 Å². The molecule has 2 aromatic rings. The highest BCUT2D eigenvalue weighted by Gasteiger charge is 2.34. The van der Waals surface area contributed by atoms with E-state index in [0.717, 1.165) is 6.07 Å². The van der Waals surface area contributed by atoms with Gasteiger partial charge in [-0.05, 0) is 31.0 Å². The Balaban J connectivity index is 1.74. The van der Waals surface area contributed by atoms with Crippen molar-refractivity contribution < 1.29 is 18.7 Å². The van der Waals surface area contributed by atoms with Crippen LogP contribution in [0.5, 0.6) is 11.5 Å². The second-order valence-corrected chi connectivity index (χ2v) is 6.36. The van der Waals surface area contributed by atoms with Crippen LogP contribution in [-0.4, -0.2) is 35.3 Å². The fourth-order valence-electron chi connectivity index (χ4n) is 3.02. The maximum Gasteiger partial charge on any atom is 0.237 e. The summed E-state index contributed by atoms with van der Waals surface area (Å²) in [6.45, 7) is 2.43. The molecule has 1 aromatic carbocycles. The zero-order chi connectivity index (χ0) is 19.6. The van der Waals surface area contributed by atoms with Crippen molar-refractivity contribution in [2.45, 2.75) is 19.8 Å². The van der Waals surface area contributed by atoms with Gasteiger partial charge in [0.15, 0.2) is 11.6 Å². The van der Waals surface area contributed by atoms with Gasteiger partial charge in [-0.25, -0.2) is 9.37 Å². The first kappa shape index (κ1) is 18.6. The third-order valence-electron chi connectivity index (χ3n) is 4.56. The van der Waals surface area contributed by atoms with Crippen molar-refractivity contribution in [1.29, 1.82) is 0 Å². The minimum atomic E-state index is -0.735. The van der Waals surface area contributed by atoms with Crippen molar-refractivity contribution in [3.05, 3.63) is 41.8 Å². The largest absolute Gasteiger partial charge is 0.454 e. The van der Waals surface area contributed by atoms with Gasteiger partial charge in [-0.2, -0.15) is 0 Å². The van der Waals surface area contributed by atoms with Crippen molar-refractivity contribution in [2.75, 3.05) is 24.6 Å². The van der Waals surface area contributed by atoms with Crippen LogP contribution in [0.25, 0.3) is 0 Å². The van der Waals surface area contributed by atoms with Crippen molar-refractivity contribution in [2.24, 2.45) is 5.92 Å². The van der Waals surface area contributed by atoms with Crippen LogP contribution in [0.2, 0.25) is 0 Å². The van der Waals surface area contributed by atoms with E-state index in [2.05, 4.69) is 10.3 Å². The number of carbonyl (C=O) groups excluding carboxylic acids is 2. The second-order valence-electron chi connectivity index (χ2n) is 6.36. The number of nitrogens with zero attached hydrogens (tertiary/aromatic N) is 2. The Labute approximate surface area is 156 Å². The number of nitrogens with two attached hydrogens (primary N) is 1. The lowest BCUT2D eigenvalue weighted by atomic mass is 10.1. The summed E-state index contributed by atoms with van der Waals surface area (Å²) in [4.78, 5) is 29.7. The molecule has 1 unspecified atom stereocenters. The number of aromatic nitrogens is 1. The Kier molecular flexibility index (Phi) is 5.25. The van der Waals surface area contributed by atoms with Crippen LogP contribution in [-0.2, 0) is 16.0 Å². The molecule has 27 heavy (non-hydrogen) atoms. The van der Waals surface area contributed by atoms with E-state index in [1.807, 2.05) is 6.92 Å². The average Bonchev–Trinajstić information content (AvgIpc) is 2.96. The third-order valence-corrected chi connectivity index (χ3v) is 4.56. The number of pyridine rings is 1. The molecule has 2 amide bonds. The molecule has 8 heteroatoms. The number of anilines is 2. The van der Waals surface area contributed by atoms with Gasteiger partial charge in [0.05, 0.1) is 0 Å². The predicted octanol–water partition coefficient (Wildman–Crippen LogP) is 2.57. The first-order valence-corrected chi connectivity index (χ1v) is 8.67. The molecule has 0 spiro atoms. The molecule has 1 fully saturated rings. The van der Waals surface area contributed by atoms with Gasteiger partial charge >= 0.3 is 0 Å². The van der Waals surface area contributed by atoms with Crippen molar-refractivity contribution >= 4 is 23.3 Å². The number of nitrogen functional groups attached to an aromatic ring is 1. The Morgan fingerprint density at radius 1 is 1.41 bits per heavy atom. The van der Waals surface area contributed by atoms with E-state index in [4.69, 9.17) is 10.5 Å². The quantitative estimate of drug-likeness (QED) is 0.786. The van der Waals surface area contributed by atoms with Gasteiger partial charge in [0.2, 0.25) is 11.8 Å². The number of ether oxygens (including phenoxy) is 1. The zero-order valence-corrected chi connectivity index (χ0v) is 15.2. The van der Waals surface area contributed by atoms with E-state index >= 15 is 0 Å². The van der Waals surface area contributed by atoms with Crippen LogP contribution in [0.3, 0.4) is 0 Å². The summed E-state index contributed by atoms with van der Waals surface area (Å²) in [5.74, 6) is -1.26. The number of hydrogen-bond acceptors (Lipinski definition) is 5. The van der Waals surface area contributed by atoms with Crippen molar-refractivity contribution in [3.8, 4) is 11.5 Å². The Bertz CT molecular complexity index is 887. The lowest BCUT2D eigenvalue weighted by Crippen LogP contribution is -2.30. The summed E-state index contributed by atoms with van der Waals surface area (Å²) >= 11 is 0. The molecule has 1 aliphatic heterocycles. The topological polar surface area (TPSA) is 97.5 Å². The molecule has 7 nitrogen and oxygen atoms in total. The predicted molar refractivity (Wildman–Crippen MR) is 98.9 cm³/mol. The summed E-state index contributed by atoms with van der Waals surface area (Å²) < 4.78 is 20.1. The summed E-state index contributed by atoms with van der Waals surface area (Å²) in [5, 5.41) is 2.59. The standard InChI is InChI=1S/C19H21FN4O3/c1-3-12-15(6-8-22-17(12)21)27-16-5-4-11(10-14(16)20)23-18(25)13-7-9-24(2)19(13)26/h4-6,8,10,13H,3,7,9H2,1-2H3,(H2,21,22)(H,23,25). The smallest absolute Gasteiger partial charge is 0.237 e. The number of rotatable bonds is 5. The summed E-state index contributed by atoms with van der Waals surface area (Å²) in [6, 6.07) is 5.72. The molecule has 1 atom stereocenters. The molecule has 142 valence electrons. The van der Waals surface area contributed by atoms with Crippen LogP contribution in [0.4, 0.5) is 15.9 Å². The molecule has 2 heterocycles. The van der Waals surface area contributed by atoms with E-state index in [1.165, 1.54) is 23.2 Å². The normalized spacial score (nSPS) is 16.5. The number of nitrogens with one attached hydrogen (secondary N) is 1. The zero-order valence-electron chi connectivity index (χ0n) is 15.2. The fourth-order valence-corrected chi connectivity index (χ4v) is 3.02. The van der Waals surface area contributed by atoms with Crippen molar-refractivity contribution in [3.63, 3.8) is 0 Å². The van der Waals surface area contributed by atoms with Crippen LogP contribution in [0.1, 0.15) is 18.9 Å². The highest BCUT2D eigenvalue weighted by Crippen LogP contribution is 2.31. The molecule has 3 N–H and O–H groups in total. The van der Waals surface area contributed by atoms with Gasteiger partial charge in [-0.15, -0.1) is 0 Å². The molecule has 0 radical (unpaired) electrons. The highest BCUT2D eigenvalue weighted by molar-refractivity contribution is 6.07. The Morgan fingerprint density at radius 3 is 2.81 bits per heavy atom. The number of benzene rings is 1. The molecule has 1 aliphatic rings. The number of halogens is 1. The minimum absolute atomic E-state index is 0.00461. The first-order chi connectivity index (χ1) is 12.9. The van der Waals surface area contributed by atoms with E-state index in [0.29, 0.717) is 36.5 Å². The Hall–Kier alpha value is -3.16. The molecular formula is C19H21FN4O3. The van der Waals surface area contributed by atoms with Gasteiger partial charge < -0.3 is 20.7 Å². The SMILES string of the molecule is CCc1c(Oc2ccc(NC(=O)C3CCN(C)C3=O)cc2F)ccnc1N. The third kappa shape index (κ3) is 3.84. The maximum atomic E-state index is 14.4. The lowest BCUT2D eigenvalue weighted by Gasteiger charge is -2.14. The highest BCUT2D eigenvalue weighted by atomic mass is 19.1. The molecule has 1 aromatic heterocycles. The molecule has 0 bridgehead atoms. The summed E-state index contributed by atoms with van der Waals surface area (Å²) in [5.41, 5.74) is 6.77. The molecule has 1 saturated heterocycles. The minimum Gasteiger partial charge on any atom is -0.454 e. The van der Waals surface area contributed by atoms with Gasteiger partial charge in [0.1, 0.15) is 17.5 Å². The Morgan fingerprint density at radius 2 is 2.19 bits per heavy atom. The average molecular weight is 372 g/mol. The van der Waals surface area contributed by atoms with E-state index in [1.54, 1.807) is 13.1 Å². The molecule has 3 rings (SSSR count). The molecule has 0 aliphatic carbocycles.